The monoisotopic (exact) mass is 488 g/mol. The minimum Gasteiger partial charge on any atom is -0.460 e. The van der Waals surface area contributed by atoms with Crippen molar-refractivity contribution in [2.75, 3.05) is 6.61 Å². The number of fused-ring (bicyclic) bond motifs is 1. The summed E-state index contributed by atoms with van der Waals surface area (Å²) in [5, 5.41) is 3.25. The highest BCUT2D eigenvalue weighted by atomic mass is 79.9. The summed E-state index contributed by atoms with van der Waals surface area (Å²) in [4.78, 5) is 39.5. The second-order valence-electron chi connectivity index (χ2n) is 7.22. The van der Waals surface area contributed by atoms with Gasteiger partial charge in [0, 0.05) is 15.4 Å². The van der Waals surface area contributed by atoms with E-state index in [-0.39, 0.29) is 18.9 Å². The first-order chi connectivity index (χ1) is 14.7. The summed E-state index contributed by atoms with van der Waals surface area (Å²) >= 11 is 3.39. The zero-order valence-electron chi connectivity index (χ0n) is 16.7. The minimum absolute atomic E-state index is 0.0639. The maximum Gasteiger partial charge on any atom is 0.374 e. The van der Waals surface area contributed by atoms with Gasteiger partial charge in [-0.15, -0.1) is 0 Å². The molecule has 1 atom stereocenters. The number of esters is 1. The number of carbonyl (C=O) groups excluding carboxylic acids is 3. The van der Waals surface area contributed by atoms with E-state index in [1.807, 2.05) is 0 Å². The summed E-state index contributed by atoms with van der Waals surface area (Å²) in [5.41, 5.74) is -0.133. The highest BCUT2D eigenvalue weighted by Crippen LogP contribution is 2.34. The number of hydrogen-bond acceptors (Lipinski definition) is 5. The van der Waals surface area contributed by atoms with Crippen molar-refractivity contribution in [2.45, 2.75) is 25.9 Å². The Morgan fingerprint density at radius 1 is 1.23 bits per heavy atom. The number of urea groups is 1. The van der Waals surface area contributed by atoms with Gasteiger partial charge >= 0.3 is 12.0 Å². The summed E-state index contributed by atoms with van der Waals surface area (Å²) in [7, 11) is 0. The molecule has 4 rings (SSSR count). The second-order valence-corrected chi connectivity index (χ2v) is 8.14. The van der Waals surface area contributed by atoms with Gasteiger partial charge in [-0.1, -0.05) is 28.1 Å². The Morgan fingerprint density at radius 3 is 2.61 bits per heavy atom. The quantitative estimate of drug-likeness (QED) is 0.422. The van der Waals surface area contributed by atoms with Crippen LogP contribution in [0, 0.1) is 5.82 Å². The minimum atomic E-state index is -1.37. The Bertz CT molecular complexity index is 1210. The fourth-order valence-corrected chi connectivity index (χ4v) is 3.98. The second kappa shape index (κ2) is 7.81. The van der Waals surface area contributed by atoms with E-state index in [9.17, 15) is 18.8 Å². The first-order valence-electron chi connectivity index (χ1n) is 9.52. The molecule has 0 radical (unpaired) electrons. The van der Waals surface area contributed by atoms with Crippen molar-refractivity contribution >= 4 is 44.8 Å². The number of carbonyl (C=O) groups is 3. The summed E-state index contributed by atoms with van der Waals surface area (Å²) in [6.45, 7) is 3.17. The molecule has 9 heteroatoms. The maximum atomic E-state index is 13.3. The predicted octanol–water partition coefficient (Wildman–Crippen LogP) is 4.48. The molecule has 0 bridgehead atoms. The lowest BCUT2D eigenvalue weighted by Crippen LogP contribution is -2.40. The highest BCUT2D eigenvalue weighted by molar-refractivity contribution is 9.10. The lowest BCUT2D eigenvalue weighted by molar-refractivity contribution is -0.131. The van der Waals surface area contributed by atoms with Gasteiger partial charge in [-0.3, -0.25) is 9.69 Å². The number of nitrogens with zero attached hydrogens (tertiary/aromatic N) is 1. The van der Waals surface area contributed by atoms with E-state index in [4.69, 9.17) is 9.15 Å². The predicted molar refractivity (Wildman–Crippen MR) is 113 cm³/mol. The molecule has 2 heterocycles. The fraction of sp³-hybridized carbons (Fsp3) is 0.227. The van der Waals surface area contributed by atoms with Crippen molar-refractivity contribution in [2.24, 2.45) is 0 Å². The van der Waals surface area contributed by atoms with Gasteiger partial charge in [0.2, 0.25) is 5.76 Å². The third-order valence-corrected chi connectivity index (χ3v) is 5.72. The van der Waals surface area contributed by atoms with E-state index in [0.717, 1.165) is 9.37 Å². The van der Waals surface area contributed by atoms with Crippen LogP contribution in [-0.4, -0.2) is 29.4 Å². The first-order valence-corrected chi connectivity index (χ1v) is 10.3. The molecule has 160 valence electrons. The summed E-state index contributed by atoms with van der Waals surface area (Å²) < 4.78 is 24.8. The molecule has 1 fully saturated rings. The van der Waals surface area contributed by atoms with Crippen LogP contribution in [0.4, 0.5) is 9.18 Å². The maximum absolute atomic E-state index is 13.3. The summed E-state index contributed by atoms with van der Waals surface area (Å²) in [6.07, 6.45) is 0. The highest BCUT2D eigenvalue weighted by Gasteiger charge is 2.49. The van der Waals surface area contributed by atoms with Gasteiger partial charge in [-0.05, 0) is 49.7 Å². The molecule has 1 aromatic heterocycles. The SMILES string of the molecule is CCOC(=O)c1oc2ccc(Br)cc2c1CN1C(=O)NC(C)(c2ccc(F)cc2)C1=O. The number of amides is 3. The number of hydrogen-bond donors (Lipinski definition) is 1. The van der Waals surface area contributed by atoms with Crippen LogP contribution >= 0.6 is 15.9 Å². The number of halogens is 2. The Balaban J connectivity index is 1.75. The van der Waals surface area contributed by atoms with Crippen molar-refractivity contribution in [1.29, 1.82) is 0 Å². The standard InChI is InChI=1S/C22H18BrFN2O5/c1-3-30-19(27)18-16(15-10-13(23)6-9-17(15)31-18)11-26-20(28)22(2,25-21(26)29)12-4-7-14(24)8-5-12/h4-10H,3,11H2,1-2H3,(H,25,29). The number of nitrogens with one attached hydrogen (secondary N) is 1. The van der Waals surface area contributed by atoms with Gasteiger partial charge in [0.1, 0.15) is 16.9 Å². The topological polar surface area (TPSA) is 88.8 Å². The van der Waals surface area contributed by atoms with Crippen LogP contribution in [-0.2, 0) is 21.6 Å². The molecule has 31 heavy (non-hydrogen) atoms. The molecular weight excluding hydrogens is 471 g/mol. The van der Waals surface area contributed by atoms with Gasteiger partial charge in [0.25, 0.3) is 5.91 Å². The molecule has 0 aliphatic carbocycles. The first kappa shape index (κ1) is 21.0. The molecule has 2 aromatic carbocycles. The van der Waals surface area contributed by atoms with E-state index in [0.29, 0.717) is 22.1 Å². The zero-order valence-corrected chi connectivity index (χ0v) is 18.3. The number of benzene rings is 2. The lowest BCUT2D eigenvalue weighted by atomic mass is 9.92. The Labute approximate surface area is 185 Å². The van der Waals surface area contributed by atoms with Crippen molar-refractivity contribution in [3.05, 3.63) is 69.6 Å². The van der Waals surface area contributed by atoms with Gasteiger partial charge in [-0.2, -0.15) is 0 Å². The Kier molecular flexibility index (Phi) is 5.30. The van der Waals surface area contributed by atoms with Gasteiger partial charge in [-0.25, -0.2) is 14.0 Å². The Hall–Kier alpha value is -3.20. The van der Waals surface area contributed by atoms with E-state index >= 15 is 0 Å². The molecule has 0 saturated carbocycles. The average molecular weight is 489 g/mol. The van der Waals surface area contributed by atoms with Crippen LogP contribution in [0.25, 0.3) is 11.0 Å². The third-order valence-electron chi connectivity index (χ3n) is 5.23. The lowest BCUT2D eigenvalue weighted by Gasteiger charge is -2.22. The van der Waals surface area contributed by atoms with E-state index in [1.165, 1.54) is 24.3 Å². The van der Waals surface area contributed by atoms with Crippen molar-refractivity contribution < 1.29 is 27.9 Å². The molecule has 3 aromatic rings. The van der Waals surface area contributed by atoms with Gasteiger partial charge in [0.05, 0.1) is 13.2 Å². The molecule has 3 amide bonds. The van der Waals surface area contributed by atoms with Crippen LogP contribution in [0.5, 0.6) is 0 Å². The van der Waals surface area contributed by atoms with E-state index in [1.54, 1.807) is 32.0 Å². The van der Waals surface area contributed by atoms with Crippen LogP contribution in [0.2, 0.25) is 0 Å². The molecular formula is C22H18BrFN2O5. The zero-order chi connectivity index (χ0) is 22.3. The normalized spacial score (nSPS) is 18.5. The third kappa shape index (κ3) is 3.59. The summed E-state index contributed by atoms with van der Waals surface area (Å²) in [5.74, 6) is -1.72. The molecule has 1 N–H and O–H groups in total. The molecule has 0 spiro atoms. The van der Waals surface area contributed by atoms with E-state index in [2.05, 4.69) is 21.2 Å². The number of rotatable bonds is 5. The van der Waals surface area contributed by atoms with Crippen molar-refractivity contribution in [3.8, 4) is 0 Å². The summed E-state index contributed by atoms with van der Waals surface area (Å²) in [6, 6.07) is 9.90. The number of imide groups is 1. The van der Waals surface area contributed by atoms with Crippen LogP contribution < -0.4 is 5.32 Å². The van der Waals surface area contributed by atoms with Crippen molar-refractivity contribution in [3.63, 3.8) is 0 Å². The van der Waals surface area contributed by atoms with E-state index < -0.39 is 29.3 Å². The van der Waals surface area contributed by atoms with Gasteiger partial charge < -0.3 is 14.5 Å². The smallest absolute Gasteiger partial charge is 0.374 e. The average Bonchev–Trinajstić information content (AvgIpc) is 3.19. The molecule has 7 nitrogen and oxygen atoms in total. The van der Waals surface area contributed by atoms with Gasteiger partial charge in [0.15, 0.2) is 0 Å². The molecule has 1 unspecified atom stereocenters. The van der Waals surface area contributed by atoms with Crippen LogP contribution in [0.3, 0.4) is 0 Å². The fourth-order valence-electron chi connectivity index (χ4n) is 3.62. The van der Waals surface area contributed by atoms with Crippen LogP contribution in [0.15, 0.2) is 51.4 Å². The molecule has 1 saturated heterocycles. The van der Waals surface area contributed by atoms with Crippen molar-refractivity contribution in [1.82, 2.24) is 10.2 Å². The van der Waals surface area contributed by atoms with Crippen LogP contribution in [0.1, 0.15) is 35.5 Å². The molecule has 1 aliphatic heterocycles. The number of furan rings is 1. The Morgan fingerprint density at radius 2 is 1.94 bits per heavy atom. The number of ether oxygens (including phenoxy) is 1. The molecule has 1 aliphatic rings. The largest absolute Gasteiger partial charge is 0.460 e.